The van der Waals surface area contributed by atoms with E-state index in [-0.39, 0.29) is 18.7 Å². The number of carbonyl (C=O) groups is 3. The van der Waals surface area contributed by atoms with Crippen molar-refractivity contribution in [3.8, 4) is 0 Å². The molecular formula is C17H31NO5. The van der Waals surface area contributed by atoms with Crippen LogP contribution < -0.4 is 5.32 Å². The number of amides is 1. The summed E-state index contributed by atoms with van der Waals surface area (Å²) in [6.07, 6.45) is 7.40. The van der Waals surface area contributed by atoms with Crippen molar-refractivity contribution in [1.82, 2.24) is 5.32 Å². The summed E-state index contributed by atoms with van der Waals surface area (Å²) >= 11 is 0. The van der Waals surface area contributed by atoms with E-state index >= 15 is 0 Å². The van der Waals surface area contributed by atoms with Crippen LogP contribution in [0.2, 0.25) is 0 Å². The van der Waals surface area contributed by atoms with E-state index in [0.29, 0.717) is 19.4 Å². The lowest BCUT2D eigenvalue weighted by Crippen LogP contribution is -2.42. The summed E-state index contributed by atoms with van der Waals surface area (Å²) in [4.78, 5) is 34.3. The molecule has 0 aromatic carbocycles. The number of aliphatic carboxylic acids is 1. The van der Waals surface area contributed by atoms with Crippen LogP contribution in [0.5, 0.6) is 0 Å². The molecule has 0 aromatic rings. The maximum absolute atomic E-state index is 12.0. The Morgan fingerprint density at radius 2 is 1.61 bits per heavy atom. The Morgan fingerprint density at radius 3 is 2.22 bits per heavy atom. The molecule has 0 aliphatic rings. The summed E-state index contributed by atoms with van der Waals surface area (Å²) in [5.41, 5.74) is 0. The minimum atomic E-state index is -0.997. The molecule has 0 rings (SSSR count). The van der Waals surface area contributed by atoms with Crippen LogP contribution in [0.25, 0.3) is 0 Å². The second kappa shape index (κ2) is 14.0. The van der Waals surface area contributed by atoms with Crippen molar-refractivity contribution in [3.05, 3.63) is 0 Å². The van der Waals surface area contributed by atoms with Gasteiger partial charge in [-0.15, -0.1) is 0 Å². The number of rotatable bonds is 14. The van der Waals surface area contributed by atoms with E-state index in [9.17, 15) is 14.4 Å². The Hall–Kier alpha value is -1.59. The Kier molecular flexibility index (Phi) is 13.1. The highest BCUT2D eigenvalue weighted by Crippen LogP contribution is 2.06. The summed E-state index contributed by atoms with van der Waals surface area (Å²) < 4.78 is 5.18. The zero-order chi connectivity index (χ0) is 17.5. The van der Waals surface area contributed by atoms with Gasteiger partial charge in [-0.2, -0.15) is 0 Å². The number of ether oxygens (including phenoxy) is 1. The highest BCUT2D eigenvalue weighted by atomic mass is 16.5. The molecule has 0 aromatic heterocycles. The third-order valence-electron chi connectivity index (χ3n) is 3.49. The van der Waals surface area contributed by atoms with Gasteiger partial charge in [-0.05, 0) is 19.3 Å². The maximum Gasteiger partial charge on any atom is 0.328 e. The lowest BCUT2D eigenvalue weighted by atomic mass is 10.1. The van der Waals surface area contributed by atoms with Gasteiger partial charge in [0.25, 0.3) is 0 Å². The number of unbranched alkanes of at least 4 members (excludes halogenated alkanes) is 5. The van der Waals surface area contributed by atoms with E-state index in [1.165, 1.54) is 19.3 Å². The van der Waals surface area contributed by atoms with Crippen molar-refractivity contribution in [2.24, 2.45) is 0 Å². The third kappa shape index (κ3) is 12.6. The van der Waals surface area contributed by atoms with E-state index in [4.69, 9.17) is 9.84 Å². The molecule has 1 atom stereocenters. The van der Waals surface area contributed by atoms with Crippen LogP contribution in [0.3, 0.4) is 0 Å². The normalized spacial score (nSPS) is 11.7. The number of carboxylic acid groups (broad SMARTS) is 1. The number of hydrogen-bond donors (Lipinski definition) is 2. The molecule has 2 N–H and O–H groups in total. The number of esters is 1. The molecule has 0 aliphatic carbocycles. The zero-order valence-electron chi connectivity index (χ0n) is 14.4. The maximum atomic E-state index is 12.0. The van der Waals surface area contributed by atoms with E-state index in [2.05, 4.69) is 12.2 Å². The van der Waals surface area contributed by atoms with Gasteiger partial charge in [0.05, 0.1) is 6.61 Å². The molecule has 1 unspecified atom stereocenters. The quantitative estimate of drug-likeness (QED) is 0.377. The van der Waals surface area contributed by atoms with Crippen LogP contribution in [0.4, 0.5) is 0 Å². The lowest BCUT2D eigenvalue weighted by Gasteiger charge is -2.17. The Bertz CT molecular complexity index is 357. The van der Waals surface area contributed by atoms with Crippen molar-refractivity contribution >= 4 is 17.8 Å². The molecule has 0 aliphatic heterocycles. The second-order valence-electron chi connectivity index (χ2n) is 5.74. The van der Waals surface area contributed by atoms with Gasteiger partial charge in [0.1, 0.15) is 6.04 Å². The molecule has 0 heterocycles. The molecule has 0 fully saturated rings. The van der Waals surface area contributed by atoms with Crippen molar-refractivity contribution in [2.45, 2.75) is 84.1 Å². The monoisotopic (exact) mass is 329 g/mol. The molecular weight excluding hydrogens is 298 g/mol. The van der Waals surface area contributed by atoms with Crippen molar-refractivity contribution in [3.63, 3.8) is 0 Å². The molecule has 0 radical (unpaired) electrons. The minimum Gasteiger partial charge on any atom is -0.481 e. The summed E-state index contributed by atoms with van der Waals surface area (Å²) in [5, 5.41) is 11.3. The largest absolute Gasteiger partial charge is 0.481 e. The van der Waals surface area contributed by atoms with Crippen LogP contribution in [-0.2, 0) is 19.1 Å². The SMILES string of the molecule is CCCCCCCCOC(=O)C(CCC(=O)O)NC(=O)CCC. The second-order valence-corrected chi connectivity index (χ2v) is 5.74. The first-order valence-corrected chi connectivity index (χ1v) is 8.69. The van der Waals surface area contributed by atoms with Gasteiger partial charge in [-0.1, -0.05) is 46.0 Å². The highest BCUT2D eigenvalue weighted by Gasteiger charge is 2.22. The fraction of sp³-hybridized carbons (Fsp3) is 0.824. The molecule has 0 saturated heterocycles. The van der Waals surface area contributed by atoms with Gasteiger partial charge in [0.15, 0.2) is 0 Å². The van der Waals surface area contributed by atoms with Gasteiger partial charge < -0.3 is 15.2 Å². The van der Waals surface area contributed by atoms with Gasteiger partial charge >= 0.3 is 11.9 Å². The lowest BCUT2D eigenvalue weighted by molar-refractivity contribution is -0.148. The van der Waals surface area contributed by atoms with Crippen LogP contribution >= 0.6 is 0 Å². The first-order chi connectivity index (χ1) is 11.0. The van der Waals surface area contributed by atoms with E-state index in [1.54, 1.807) is 0 Å². The Labute approximate surface area is 139 Å². The topological polar surface area (TPSA) is 92.7 Å². The summed E-state index contributed by atoms with van der Waals surface area (Å²) in [6, 6.07) is -0.870. The van der Waals surface area contributed by atoms with Gasteiger partial charge in [-0.25, -0.2) is 4.79 Å². The molecule has 0 bridgehead atoms. The van der Waals surface area contributed by atoms with Crippen LogP contribution in [0, 0.1) is 0 Å². The summed E-state index contributed by atoms with van der Waals surface area (Å²) in [5.74, 6) is -1.79. The number of nitrogens with one attached hydrogen (secondary N) is 1. The first kappa shape index (κ1) is 21.4. The molecule has 6 heteroatoms. The molecule has 6 nitrogen and oxygen atoms in total. The zero-order valence-corrected chi connectivity index (χ0v) is 14.4. The average Bonchev–Trinajstić information content (AvgIpc) is 2.50. The standard InChI is InChI=1S/C17H31NO5/c1-3-5-6-7-8-9-13-23-17(22)14(11-12-16(20)21)18-15(19)10-4-2/h14H,3-13H2,1-2H3,(H,18,19)(H,20,21). The number of carboxylic acids is 1. The predicted molar refractivity (Wildman–Crippen MR) is 88.0 cm³/mol. The van der Waals surface area contributed by atoms with Crippen LogP contribution in [0.1, 0.15) is 78.1 Å². The predicted octanol–water partition coefficient (Wildman–Crippen LogP) is 3.04. The highest BCUT2D eigenvalue weighted by molar-refractivity contribution is 5.84. The molecule has 23 heavy (non-hydrogen) atoms. The molecule has 0 spiro atoms. The smallest absolute Gasteiger partial charge is 0.328 e. The fourth-order valence-electron chi connectivity index (χ4n) is 2.17. The Morgan fingerprint density at radius 1 is 0.957 bits per heavy atom. The third-order valence-corrected chi connectivity index (χ3v) is 3.49. The van der Waals surface area contributed by atoms with Gasteiger partial charge in [0.2, 0.25) is 5.91 Å². The molecule has 1 amide bonds. The molecule has 0 saturated carbocycles. The van der Waals surface area contributed by atoms with Crippen molar-refractivity contribution in [2.75, 3.05) is 6.61 Å². The van der Waals surface area contributed by atoms with E-state index in [1.807, 2.05) is 6.92 Å². The number of hydrogen-bond acceptors (Lipinski definition) is 4. The van der Waals surface area contributed by atoms with Gasteiger partial charge in [-0.3, -0.25) is 9.59 Å². The van der Waals surface area contributed by atoms with E-state index in [0.717, 1.165) is 19.3 Å². The molecule has 134 valence electrons. The van der Waals surface area contributed by atoms with Crippen molar-refractivity contribution < 1.29 is 24.2 Å². The fourth-order valence-corrected chi connectivity index (χ4v) is 2.17. The van der Waals surface area contributed by atoms with Gasteiger partial charge in [0, 0.05) is 12.8 Å². The summed E-state index contributed by atoms with van der Waals surface area (Å²) in [6.45, 7) is 4.34. The summed E-state index contributed by atoms with van der Waals surface area (Å²) in [7, 11) is 0. The van der Waals surface area contributed by atoms with Crippen LogP contribution in [0.15, 0.2) is 0 Å². The van der Waals surface area contributed by atoms with Crippen LogP contribution in [-0.4, -0.2) is 35.6 Å². The van der Waals surface area contributed by atoms with Crippen molar-refractivity contribution in [1.29, 1.82) is 0 Å². The number of carbonyl (C=O) groups excluding carboxylic acids is 2. The first-order valence-electron chi connectivity index (χ1n) is 8.69. The minimum absolute atomic E-state index is 0.0557. The Balaban J connectivity index is 4.11. The average molecular weight is 329 g/mol. The van der Waals surface area contributed by atoms with E-state index < -0.39 is 18.0 Å².